The quantitative estimate of drug-likeness (QED) is 0.0407. The summed E-state index contributed by atoms with van der Waals surface area (Å²) in [5.41, 5.74) is 1.24. The Morgan fingerprint density at radius 1 is 0.444 bits per heavy atom. The third-order valence-corrected chi connectivity index (χ3v) is 55.5. The van der Waals surface area contributed by atoms with Gasteiger partial charge in [-0.1, -0.05) is 59.2 Å². The molecular formula is C65H158O21SSi12. The molecule has 0 saturated carbocycles. The van der Waals surface area contributed by atoms with E-state index < -0.39 is 108 Å². The van der Waals surface area contributed by atoms with E-state index in [0.29, 0.717) is 39.3 Å². The van der Waals surface area contributed by atoms with Gasteiger partial charge in [0.1, 0.15) is 12.4 Å². The minimum atomic E-state index is -2.65. The van der Waals surface area contributed by atoms with E-state index in [-0.39, 0.29) is 24.1 Å². The molecule has 1 aromatic rings. The number of para-hydroxylation sites is 1. The number of ether oxygens (including phenoxy) is 5. The molecule has 1 aromatic carbocycles. The van der Waals surface area contributed by atoms with Gasteiger partial charge in [-0.3, -0.25) is 4.79 Å². The highest BCUT2D eigenvalue weighted by Gasteiger charge is 2.50. The van der Waals surface area contributed by atoms with Crippen LogP contribution < -0.4 is 4.74 Å². The average molecular weight is 1650 g/mol. The molecule has 21 nitrogen and oxygen atoms in total. The van der Waals surface area contributed by atoms with Crippen LogP contribution in [0.25, 0.3) is 0 Å². The van der Waals surface area contributed by atoms with E-state index in [4.69, 9.17) is 84.2 Å². The van der Waals surface area contributed by atoms with Gasteiger partial charge in [-0.05, 0) is 248 Å². The van der Waals surface area contributed by atoms with Crippen LogP contribution >= 0.6 is 11.8 Å². The lowest BCUT2D eigenvalue weighted by atomic mass is 10.1. The first-order chi connectivity index (χ1) is 44.7. The summed E-state index contributed by atoms with van der Waals surface area (Å²) in [4.78, 5) is 11.0. The Hall–Kier alpha value is 0.723. The topological polar surface area (TPSA) is 235 Å². The molecule has 0 saturated heterocycles. The van der Waals surface area contributed by atoms with E-state index in [0.717, 1.165) is 43.3 Å². The van der Waals surface area contributed by atoms with Crippen molar-refractivity contribution in [1.82, 2.24) is 0 Å². The van der Waals surface area contributed by atoms with Crippen molar-refractivity contribution in [2.45, 2.75) is 290 Å². The van der Waals surface area contributed by atoms with Crippen LogP contribution in [0.15, 0.2) is 24.3 Å². The third kappa shape index (κ3) is 72.7. The predicted octanol–water partition coefficient (Wildman–Crippen LogP) is 17.1. The van der Waals surface area contributed by atoms with E-state index in [9.17, 15) is 9.90 Å². The first-order valence-electron chi connectivity index (χ1n) is 35.9. The summed E-state index contributed by atoms with van der Waals surface area (Å²) in [6.07, 6.45) is 3.75. The number of rotatable bonds is 43. The lowest BCUT2D eigenvalue weighted by molar-refractivity contribution is -0.146. The molecule has 34 heteroatoms. The van der Waals surface area contributed by atoms with Crippen LogP contribution in [0, 0.1) is 5.92 Å². The van der Waals surface area contributed by atoms with Crippen LogP contribution in [0.2, 0.25) is 170 Å². The largest absolute Gasteiger partial charge is 0.491 e. The van der Waals surface area contributed by atoms with Crippen molar-refractivity contribution in [3.63, 3.8) is 0 Å². The van der Waals surface area contributed by atoms with Crippen LogP contribution in [-0.2, 0) is 80.5 Å². The summed E-state index contributed by atoms with van der Waals surface area (Å²) in [5, 5.41) is 26.9. The Balaban J connectivity index is -0.000000305. The Kier molecular flexibility index (Phi) is 61.7. The zero-order valence-electron chi connectivity index (χ0n) is 70.8. The number of hydrogen-bond donors (Lipinski definition) is 3. The second-order valence-electron chi connectivity index (χ2n) is 30.2. The van der Waals surface area contributed by atoms with Gasteiger partial charge in [0, 0.05) is 46.9 Å². The summed E-state index contributed by atoms with van der Waals surface area (Å²) in [6, 6.07) is 9.26. The molecule has 0 heterocycles. The normalized spacial score (nSPS) is 14.1. The van der Waals surface area contributed by atoms with Crippen LogP contribution in [0.4, 0.5) is 0 Å². The number of aliphatic hydroxyl groups excluding tert-OH is 3. The SMILES string of the molecule is CCC(O)COC[Si](C)(C)OC.CCCCc1ccccc1OCC(C)O.CCOC(=O)C(C)CSCC.CCOCC.CCOCC(C)O.CC[Si](C)(C)OC.CO[Si](C)(C)O[Si](C)(C)O[Si](C)(C)O[Si](C)(C)O[Si](C)(C)O[Si](C)(C)O[Si](C)(C)O[Si](C)(C)O[Si](C)(C)O[Si](C)(C)C. The molecule has 99 heavy (non-hydrogen) atoms. The van der Waals surface area contributed by atoms with E-state index >= 15 is 0 Å². The zero-order valence-corrected chi connectivity index (χ0v) is 83.6. The standard InChI is InChI=1S/C22H66O10Si10.C13H20O2.C8H20O3Si.C8H16O2S.C5H12O2.C5H14OSi.C4H10O/c1-23-34(5,6)25-36(9,10)27-38(13,14)29-40(17,18)31-42(21,22)32-41(19,20)30-39(15,16)28-37(11,12)26-35(7,8)24-33(2,3)4;1-3-4-7-12-8-5-6-9-13(12)15-10-11(2)14;1-5-8(9)6-11-7-12(3,4)10-2;1-4-10-8(9)7(3)6-11-5-2;1-3-7-4-5(2)6;1-5-7(3,4)6-2;1-3-5-4-2/h1-22H3;5-6,8-9,11,14H,3-4,7,10H2,1-2H3;8-9H,5-7H2,1-4H3;7H,4-6H2,1-3H3;5-6H,3-4H2,1-2H3;5H2,1-4H3;3-4H2,1-2H3. The maximum atomic E-state index is 11.0. The maximum absolute atomic E-state index is 11.0. The van der Waals surface area contributed by atoms with Crippen LogP contribution in [0.1, 0.15) is 101 Å². The second-order valence-corrected chi connectivity index (χ2v) is 77.5. The number of benzene rings is 1. The van der Waals surface area contributed by atoms with Gasteiger partial charge in [0.25, 0.3) is 0 Å². The Morgan fingerprint density at radius 2 is 0.818 bits per heavy atom. The maximum Gasteiger partial charge on any atom is 0.322 e. The molecule has 0 bridgehead atoms. The molecule has 0 aliphatic heterocycles. The van der Waals surface area contributed by atoms with Crippen molar-refractivity contribution in [3.05, 3.63) is 29.8 Å². The number of esters is 1. The van der Waals surface area contributed by atoms with Gasteiger partial charge >= 0.3 is 83.0 Å². The molecule has 3 N–H and O–H groups in total. The molecule has 4 unspecified atom stereocenters. The Labute approximate surface area is 626 Å². The van der Waals surface area contributed by atoms with Crippen LogP contribution in [0.3, 0.4) is 0 Å². The van der Waals surface area contributed by atoms with Crippen molar-refractivity contribution in [2.24, 2.45) is 5.92 Å². The number of carbonyl (C=O) groups is 1. The highest BCUT2D eigenvalue weighted by atomic mass is 32.2. The summed E-state index contributed by atoms with van der Waals surface area (Å²) in [7, 11) is -22.0. The highest BCUT2D eigenvalue weighted by Crippen LogP contribution is 2.31. The van der Waals surface area contributed by atoms with Gasteiger partial charge in [0.2, 0.25) is 8.32 Å². The molecule has 0 amide bonds. The number of thioether (sulfide) groups is 1. The first kappa shape index (κ1) is 111. The highest BCUT2D eigenvalue weighted by molar-refractivity contribution is 7.99. The minimum absolute atomic E-state index is 0.0416. The lowest BCUT2D eigenvalue weighted by Gasteiger charge is -2.44. The lowest BCUT2D eigenvalue weighted by Crippen LogP contribution is -2.62. The van der Waals surface area contributed by atoms with E-state index in [1.165, 1.54) is 24.4 Å². The van der Waals surface area contributed by atoms with Gasteiger partial charge in [-0.2, -0.15) is 11.8 Å². The van der Waals surface area contributed by atoms with Gasteiger partial charge < -0.3 is 89.3 Å². The summed E-state index contributed by atoms with van der Waals surface area (Å²) in [6.45, 7) is 77.9. The van der Waals surface area contributed by atoms with E-state index in [1.54, 1.807) is 46.9 Å². The Morgan fingerprint density at radius 3 is 1.09 bits per heavy atom. The summed E-state index contributed by atoms with van der Waals surface area (Å²) < 4.78 is 101. The van der Waals surface area contributed by atoms with Crippen LogP contribution in [0.5, 0.6) is 5.75 Å². The predicted molar refractivity (Wildman–Crippen MR) is 445 cm³/mol. The van der Waals surface area contributed by atoms with Crippen LogP contribution in [-0.4, -0.2) is 227 Å². The number of aliphatic hydroxyl groups is 3. The molecule has 0 aliphatic rings. The fourth-order valence-corrected chi connectivity index (χ4v) is 59.2. The monoisotopic (exact) mass is 1640 g/mol. The van der Waals surface area contributed by atoms with Gasteiger partial charge in [0.15, 0.2) is 16.6 Å². The van der Waals surface area contributed by atoms with Gasteiger partial charge in [-0.15, -0.1) is 0 Å². The number of unbranched alkanes of at least 4 members (excludes halogenated alkanes) is 1. The molecule has 0 radical (unpaired) electrons. The van der Waals surface area contributed by atoms with E-state index in [1.807, 2.05) is 85.9 Å². The number of aryl methyl sites for hydroxylation is 1. The molecule has 0 spiro atoms. The fourth-order valence-electron chi connectivity index (χ4n) is 9.01. The molecule has 598 valence electrons. The van der Waals surface area contributed by atoms with Crippen molar-refractivity contribution in [2.75, 3.05) is 85.3 Å². The van der Waals surface area contributed by atoms with Gasteiger partial charge in [0.05, 0.1) is 50.3 Å². The number of carbonyl (C=O) groups excluding carboxylic acids is 1. The summed E-state index contributed by atoms with van der Waals surface area (Å²) in [5.74, 6) is 2.80. The van der Waals surface area contributed by atoms with Gasteiger partial charge in [-0.25, -0.2) is 0 Å². The smallest absolute Gasteiger partial charge is 0.322 e. The zero-order chi connectivity index (χ0) is 79.2. The second kappa shape index (κ2) is 55.2. The van der Waals surface area contributed by atoms with Crippen molar-refractivity contribution < 1.29 is 94.1 Å². The first-order valence-corrected chi connectivity index (χ1v) is 72.0. The van der Waals surface area contributed by atoms with Crippen molar-refractivity contribution >= 4 is 120 Å². The minimum Gasteiger partial charge on any atom is -0.491 e. The third-order valence-electron chi connectivity index (χ3n) is 12.6. The molecule has 0 aliphatic carbocycles. The van der Waals surface area contributed by atoms with Crippen molar-refractivity contribution in [1.29, 1.82) is 0 Å². The Bertz CT molecular complexity index is 2120. The molecule has 4 atom stereocenters. The molecule has 1 rings (SSSR count). The average Bonchev–Trinajstić information content (AvgIpc) is 0.807. The number of hydrogen-bond acceptors (Lipinski definition) is 22. The fraction of sp³-hybridized carbons (Fsp3) is 0.892. The van der Waals surface area contributed by atoms with E-state index in [2.05, 4.69) is 164 Å². The molecule has 0 aromatic heterocycles. The molecule has 0 fully saturated rings. The van der Waals surface area contributed by atoms with Crippen molar-refractivity contribution in [3.8, 4) is 5.75 Å². The summed E-state index contributed by atoms with van der Waals surface area (Å²) >= 11 is 1.77. The molecular weight excluding hydrogens is 1490 g/mol.